The second-order valence-corrected chi connectivity index (χ2v) is 10.5. The van der Waals surface area contributed by atoms with E-state index in [0.717, 1.165) is 25.7 Å². The molecule has 0 fully saturated rings. The molecule has 2 N–H and O–H groups in total. The smallest absolute Gasteiger partial charge is 0.480 e. The number of rotatable bonds is 19. The Morgan fingerprint density at radius 2 is 1.48 bits per heavy atom. The summed E-state index contributed by atoms with van der Waals surface area (Å²) in [6.07, 6.45) is 4.73. The molecule has 1 aromatic rings. The first-order chi connectivity index (χ1) is 18.9. The summed E-state index contributed by atoms with van der Waals surface area (Å²) < 4.78 is 21.5. The number of carboxylic acid groups (broad SMARTS) is 1. The highest BCUT2D eigenvalue weighted by Crippen LogP contribution is 2.30. The molecule has 1 aromatic carbocycles. The topological polar surface area (TPSA) is 137 Å². The molecule has 226 valence electrons. The Morgan fingerprint density at radius 3 is 2.00 bits per heavy atom. The number of carboxylic acids is 1. The third-order valence-corrected chi connectivity index (χ3v) is 6.32. The van der Waals surface area contributed by atoms with Crippen molar-refractivity contribution in [3.8, 4) is 11.5 Å². The Hall–Kier alpha value is -3.14. The predicted octanol–water partition coefficient (Wildman–Crippen LogP) is 5.97. The van der Waals surface area contributed by atoms with Gasteiger partial charge in [0.15, 0.2) is 11.5 Å². The number of benzene rings is 1. The van der Waals surface area contributed by atoms with E-state index in [2.05, 4.69) is 5.32 Å². The van der Waals surface area contributed by atoms with Crippen molar-refractivity contribution < 1.29 is 43.2 Å². The number of hydrogen-bond acceptors (Lipinski definition) is 9. The van der Waals surface area contributed by atoms with Crippen LogP contribution in [-0.4, -0.2) is 53.5 Å². The Bertz CT molecular complexity index is 960. The SMILES string of the molecule is CCCCCC(=O)Oc1ccc(C[C@H](NCC(C)OC(=O)OC(C)(C)CC)C(=O)O)cc1OC(=O)CCCCC. The summed E-state index contributed by atoms with van der Waals surface area (Å²) in [5, 5.41) is 12.7. The number of unbranched alkanes of at least 4 members (excludes halogenated alkanes) is 4. The van der Waals surface area contributed by atoms with Crippen molar-refractivity contribution in [2.45, 2.75) is 123 Å². The number of aliphatic carboxylic acids is 1. The molecule has 0 heterocycles. The van der Waals surface area contributed by atoms with Gasteiger partial charge in [-0.25, -0.2) is 4.79 Å². The van der Waals surface area contributed by atoms with E-state index in [9.17, 15) is 24.3 Å². The summed E-state index contributed by atoms with van der Waals surface area (Å²) in [4.78, 5) is 48.7. The number of carbonyl (C=O) groups excluding carboxylic acids is 3. The van der Waals surface area contributed by atoms with Crippen LogP contribution in [0.15, 0.2) is 18.2 Å². The van der Waals surface area contributed by atoms with Crippen molar-refractivity contribution in [1.29, 1.82) is 0 Å². The lowest BCUT2D eigenvalue weighted by molar-refractivity contribution is -0.139. The molecule has 0 amide bonds. The highest BCUT2D eigenvalue weighted by atomic mass is 16.7. The van der Waals surface area contributed by atoms with E-state index in [-0.39, 0.29) is 37.3 Å². The quantitative estimate of drug-likeness (QED) is 0.117. The van der Waals surface area contributed by atoms with Gasteiger partial charge in [0.25, 0.3) is 0 Å². The van der Waals surface area contributed by atoms with Gasteiger partial charge in [0, 0.05) is 19.4 Å². The van der Waals surface area contributed by atoms with Gasteiger partial charge in [-0.2, -0.15) is 0 Å². The van der Waals surface area contributed by atoms with E-state index < -0.39 is 41.8 Å². The second kappa shape index (κ2) is 18.3. The molecule has 0 aliphatic carbocycles. The van der Waals surface area contributed by atoms with Crippen LogP contribution in [-0.2, 0) is 30.3 Å². The summed E-state index contributed by atoms with van der Waals surface area (Å²) in [5.74, 6) is -1.80. The number of carbonyl (C=O) groups is 4. The van der Waals surface area contributed by atoms with Crippen molar-refractivity contribution >= 4 is 24.1 Å². The van der Waals surface area contributed by atoms with Gasteiger partial charge in [-0.3, -0.25) is 14.4 Å². The number of esters is 2. The number of nitrogens with one attached hydrogen (secondary N) is 1. The van der Waals surface area contributed by atoms with Crippen molar-refractivity contribution in [3.05, 3.63) is 23.8 Å². The summed E-state index contributed by atoms with van der Waals surface area (Å²) in [5.41, 5.74) is -0.110. The molecule has 0 spiro atoms. The minimum Gasteiger partial charge on any atom is -0.480 e. The highest BCUT2D eigenvalue weighted by molar-refractivity contribution is 5.77. The highest BCUT2D eigenvalue weighted by Gasteiger charge is 2.25. The molecule has 0 saturated heterocycles. The fourth-order valence-corrected chi connectivity index (χ4v) is 3.55. The van der Waals surface area contributed by atoms with Crippen LogP contribution in [0.3, 0.4) is 0 Å². The summed E-state index contributed by atoms with van der Waals surface area (Å²) >= 11 is 0. The largest absolute Gasteiger partial charge is 0.509 e. The standard InChI is InChI=1S/C30H47NO9/c1-7-10-12-14-26(32)38-24-17-16-22(19-25(24)39-27(33)15-13-11-8-2)18-23(28(34)35)31-20-21(4)37-29(36)40-30(5,6)9-3/h16-17,19,21,23,31H,7-15,18,20H2,1-6H3,(H,34,35)/t21?,23-/m0/s1. The molecular formula is C30H47NO9. The van der Waals surface area contributed by atoms with E-state index in [4.69, 9.17) is 18.9 Å². The van der Waals surface area contributed by atoms with E-state index in [1.807, 2.05) is 20.8 Å². The molecule has 10 heteroatoms. The molecule has 0 aliphatic rings. The van der Waals surface area contributed by atoms with E-state index in [0.29, 0.717) is 24.8 Å². The lowest BCUT2D eigenvalue weighted by atomic mass is 10.0. The lowest BCUT2D eigenvalue weighted by Gasteiger charge is -2.24. The lowest BCUT2D eigenvalue weighted by Crippen LogP contribution is -2.43. The van der Waals surface area contributed by atoms with Gasteiger partial charge in [-0.1, -0.05) is 52.5 Å². The Balaban J connectivity index is 2.94. The van der Waals surface area contributed by atoms with Gasteiger partial charge >= 0.3 is 24.1 Å². The van der Waals surface area contributed by atoms with Gasteiger partial charge in [0.1, 0.15) is 17.7 Å². The molecular weight excluding hydrogens is 518 g/mol. The molecule has 10 nitrogen and oxygen atoms in total. The molecule has 0 radical (unpaired) electrons. The molecule has 0 bridgehead atoms. The summed E-state index contributed by atoms with van der Waals surface area (Å²) in [6, 6.07) is 3.64. The van der Waals surface area contributed by atoms with E-state index in [1.54, 1.807) is 26.8 Å². The third-order valence-electron chi connectivity index (χ3n) is 6.32. The van der Waals surface area contributed by atoms with Crippen LogP contribution in [0.5, 0.6) is 11.5 Å². The molecule has 0 aromatic heterocycles. The fraction of sp³-hybridized carbons (Fsp3) is 0.667. The second-order valence-electron chi connectivity index (χ2n) is 10.5. The van der Waals surface area contributed by atoms with Crippen LogP contribution in [0.25, 0.3) is 0 Å². The van der Waals surface area contributed by atoms with Crippen LogP contribution in [0.4, 0.5) is 4.79 Å². The number of ether oxygens (including phenoxy) is 4. The molecule has 1 rings (SSSR count). The predicted molar refractivity (Wildman–Crippen MR) is 151 cm³/mol. The van der Waals surface area contributed by atoms with E-state index in [1.165, 1.54) is 12.1 Å². The fourth-order valence-electron chi connectivity index (χ4n) is 3.55. The zero-order valence-electron chi connectivity index (χ0n) is 24.9. The monoisotopic (exact) mass is 565 g/mol. The first-order valence-electron chi connectivity index (χ1n) is 14.3. The average Bonchev–Trinajstić information content (AvgIpc) is 2.87. The van der Waals surface area contributed by atoms with Crippen LogP contribution in [0.2, 0.25) is 0 Å². The minimum atomic E-state index is -1.11. The van der Waals surface area contributed by atoms with Gasteiger partial charge in [-0.05, 0) is 64.2 Å². The van der Waals surface area contributed by atoms with Crippen molar-refractivity contribution in [3.63, 3.8) is 0 Å². The number of hydrogen-bond donors (Lipinski definition) is 2. The molecule has 0 saturated carbocycles. The molecule has 1 unspecified atom stereocenters. The van der Waals surface area contributed by atoms with Crippen LogP contribution < -0.4 is 14.8 Å². The van der Waals surface area contributed by atoms with Crippen LogP contribution in [0, 0.1) is 0 Å². The first kappa shape index (κ1) is 34.9. The van der Waals surface area contributed by atoms with Gasteiger partial charge in [0.2, 0.25) is 0 Å². The Labute approximate surface area is 238 Å². The van der Waals surface area contributed by atoms with Gasteiger partial charge in [0.05, 0.1) is 0 Å². The maximum Gasteiger partial charge on any atom is 0.509 e. The minimum absolute atomic E-state index is 0.0421. The van der Waals surface area contributed by atoms with Crippen LogP contribution >= 0.6 is 0 Å². The summed E-state index contributed by atoms with van der Waals surface area (Å²) in [7, 11) is 0. The average molecular weight is 566 g/mol. The van der Waals surface area contributed by atoms with Crippen molar-refractivity contribution in [2.24, 2.45) is 0 Å². The van der Waals surface area contributed by atoms with Gasteiger partial charge in [-0.15, -0.1) is 0 Å². The van der Waals surface area contributed by atoms with Gasteiger partial charge < -0.3 is 29.4 Å². The van der Waals surface area contributed by atoms with Crippen LogP contribution in [0.1, 0.15) is 105 Å². The normalized spacial score (nSPS) is 12.8. The zero-order valence-corrected chi connectivity index (χ0v) is 24.9. The maximum absolute atomic E-state index is 12.4. The first-order valence-corrected chi connectivity index (χ1v) is 14.3. The van der Waals surface area contributed by atoms with Crippen molar-refractivity contribution in [2.75, 3.05) is 6.54 Å². The maximum atomic E-state index is 12.4. The Kier molecular flexibility index (Phi) is 15.9. The molecule has 40 heavy (non-hydrogen) atoms. The zero-order chi connectivity index (χ0) is 30.1. The van der Waals surface area contributed by atoms with Crippen molar-refractivity contribution in [1.82, 2.24) is 5.32 Å². The molecule has 0 aliphatic heterocycles. The van der Waals surface area contributed by atoms with E-state index >= 15 is 0 Å². The molecule has 2 atom stereocenters. The summed E-state index contributed by atoms with van der Waals surface area (Å²) in [6.45, 7) is 11.2. The third kappa shape index (κ3) is 14.3. The Morgan fingerprint density at radius 1 is 0.900 bits per heavy atom.